The van der Waals surface area contributed by atoms with Gasteiger partial charge in [0.1, 0.15) is 10.7 Å². The highest BCUT2D eigenvalue weighted by Crippen LogP contribution is 2.42. The lowest BCUT2D eigenvalue weighted by Crippen LogP contribution is -2.51. The number of aromatic nitrogens is 2. The highest BCUT2D eigenvalue weighted by atomic mass is 35.5. The Kier molecular flexibility index (Phi) is 5.54. The van der Waals surface area contributed by atoms with Crippen LogP contribution in [0.25, 0.3) is 0 Å². The van der Waals surface area contributed by atoms with Crippen molar-refractivity contribution < 1.29 is 4.74 Å². The molecular weight excluding hydrogens is 410 g/mol. The summed E-state index contributed by atoms with van der Waals surface area (Å²) in [7, 11) is 1.73. The average Bonchev–Trinajstić information content (AvgIpc) is 2.99. The van der Waals surface area contributed by atoms with Crippen molar-refractivity contribution in [2.24, 2.45) is 18.2 Å². The molecule has 4 rings (SSSR count). The lowest BCUT2D eigenvalue weighted by atomic mass is 9.73. The third kappa shape index (κ3) is 3.63. The molecule has 2 fully saturated rings. The van der Waals surface area contributed by atoms with E-state index in [4.69, 9.17) is 27.8 Å². The molecule has 1 aromatic heterocycles. The molecule has 29 heavy (non-hydrogen) atoms. The maximum absolute atomic E-state index is 13.0. The number of nitrogens with zero attached hydrogens (tertiary/aromatic N) is 3. The minimum Gasteiger partial charge on any atom is -0.382 e. The molecule has 2 atom stereocenters. The first-order chi connectivity index (χ1) is 13.8. The van der Waals surface area contributed by atoms with E-state index in [0.29, 0.717) is 22.5 Å². The van der Waals surface area contributed by atoms with Crippen LogP contribution < -0.4 is 21.9 Å². The van der Waals surface area contributed by atoms with Crippen LogP contribution in [-0.2, 0) is 11.8 Å². The summed E-state index contributed by atoms with van der Waals surface area (Å²) in [6, 6.07) is 7.41. The Labute approximate surface area is 179 Å². The van der Waals surface area contributed by atoms with Crippen LogP contribution >= 0.6 is 23.4 Å². The summed E-state index contributed by atoms with van der Waals surface area (Å²) in [6.45, 7) is 4.26. The van der Waals surface area contributed by atoms with Gasteiger partial charge in [-0.3, -0.25) is 9.36 Å². The van der Waals surface area contributed by atoms with Crippen LogP contribution in [0.4, 0.5) is 11.8 Å². The first-order valence-corrected chi connectivity index (χ1v) is 10.9. The zero-order chi connectivity index (χ0) is 20.8. The van der Waals surface area contributed by atoms with E-state index >= 15 is 0 Å². The van der Waals surface area contributed by atoms with Crippen LogP contribution in [0, 0.1) is 5.41 Å². The third-order valence-electron chi connectivity index (χ3n) is 6.19. The zero-order valence-corrected chi connectivity index (χ0v) is 18.2. The minimum absolute atomic E-state index is 0.0141. The van der Waals surface area contributed by atoms with Crippen LogP contribution in [0.3, 0.4) is 0 Å². The van der Waals surface area contributed by atoms with Crippen LogP contribution in [0.15, 0.2) is 38.9 Å². The standard InChI is InChI=1S/C20H26ClN5O2S/c1-12-16(22)20(11-28-12)7-9-26(10-8-20)19-24-17(23)15(18(27)25(19)2)29-14-6-4-3-5-13(14)21/h3-6,12,16H,7-11,22-23H2,1-2H3/t12-,16+/m0/s1. The molecule has 9 heteroatoms. The number of nitrogens with two attached hydrogens (primary N) is 2. The summed E-state index contributed by atoms with van der Waals surface area (Å²) in [5.74, 6) is 0.814. The number of nitrogen functional groups attached to an aromatic ring is 1. The summed E-state index contributed by atoms with van der Waals surface area (Å²) in [5, 5.41) is 0.578. The van der Waals surface area contributed by atoms with Gasteiger partial charge in [0.15, 0.2) is 0 Å². The number of rotatable bonds is 3. The lowest BCUT2D eigenvalue weighted by molar-refractivity contribution is 0.0973. The normalized spacial score (nSPS) is 23.7. The Morgan fingerprint density at radius 2 is 2.00 bits per heavy atom. The van der Waals surface area contributed by atoms with Crippen molar-refractivity contribution in [2.45, 2.75) is 41.7 Å². The summed E-state index contributed by atoms with van der Waals surface area (Å²) in [5.41, 5.74) is 12.4. The van der Waals surface area contributed by atoms with Gasteiger partial charge in [-0.15, -0.1) is 0 Å². The maximum Gasteiger partial charge on any atom is 0.270 e. The summed E-state index contributed by atoms with van der Waals surface area (Å²) in [6.07, 6.45) is 1.90. The van der Waals surface area contributed by atoms with E-state index in [1.807, 2.05) is 25.1 Å². The van der Waals surface area contributed by atoms with E-state index in [9.17, 15) is 4.79 Å². The van der Waals surface area contributed by atoms with E-state index in [1.54, 1.807) is 17.7 Å². The molecular formula is C20H26ClN5O2S. The van der Waals surface area contributed by atoms with E-state index in [0.717, 1.165) is 30.8 Å². The van der Waals surface area contributed by atoms with Crippen molar-refractivity contribution in [3.63, 3.8) is 0 Å². The smallest absolute Gasteiger partial charge is 0.270 e. The first-order valence-electron chi connectivity index (χ1n) is 9.73. The molecule has 2 aliphatic heterocycles. The Morgan fingerprint density at radius 1 is 1.31 bits per heavy atom. The van der Waals surface area contributed by atoms with Crippen molar-refractivity contribution in [3.05, 3.63) is 39.6 Å². The summed E-state index contributed by atoms with van der Waals surface area (Å²) in [4.78, 5) is 20.9. The predicted octanol–water partition coefficient (Wildman–Crippen LogP) is 2.50. The van der Waals surface area contributed by atoms with Gasteiger partial charge in [0.25, 0.3) is 5.56 Å². The first kappa shape index (κ1) is 20.5. The number of halogens is 1. The Bertz CT molecular complexity index is 974. The van der Waals surface area contributed by atoms with Crippen LogP contribution in [-0.4, -0.2) is 41.4 Å². The molecule has 2 aromatic rings. The average molecular weight is 436 g/mol. The van der Waals surface area contributed by atoms with Gasteiger partial charge >= 0.3 is 0 Å². The molecule has 4 N–H and O–H groups in total. The molecule has 0 unspecified atom stereocenters. The Morgan fingerprint density at radius 3 is 2.62 bits per heavy atom. The number of piperidine rings is 1. The molecule has 2 aliphatic rings. The van der Waals surface area contributed by atoms with Crippen molar-refractivity contribution in [3.8, 4) is 0 Å². The monoisotopic (exact) mass is 435 g/mol. The quantitative estimate of drug-likeness (QED) is 0.763. The summed E-state index contributed by atoms with van der Waals surface area (Å²) < 4.78 is 7.37. The number of ether oxygens (including phenoxy) is 1. The summed E-state index contributed by atoms with van der Waals surface area (Å²) >= 11 is 7.48. The SMILES string of the molecule is C[C@@H]1OCC2(CCN(c3nc(N)c(Sc4ccccc4Cl)c(=O)n3C)CC2)[C@@H]1N. The number of hydrogen-bond donors (Lipinski definition) is 2. The van der Waals surface area contributed by atoms with Gasteiger partial charge in [-0.2, -0.15) is 4.98 Å². The maximum atomic E-state index is 13.0. The highest BCUT2D eigenvalue weighted by Gasteiger charge is 2.47. The fourth-order valence-electron chi connectivity index (χ4n) is 4.23. The number of benzene rings is 1. The van der Waals surface area contributed by atoms with E-state index in [-0.39, 0.29) is 28.9 Å². The van der Waals surface area contributed by atoms with Crippen LogP contribution in [0.2, 0.25) is 5.02 Å². The second-order valence-electron chi connectivity index (χ2n) is 7.91. The Balaban J connectivity index is 1.57. The van der Waals surface area contributed by atoms with Crippen LogP contribution in [0.5, 0.6) is 0 Å². The van der Waals surface area contributed by atoms with E-state index in [2.05, 4.69) is 9.88 Å². The van der Waals surface area contributed by atoms with Gasteiger partial charge in [0, 0.05) is 36.5 Å². The highest BCUT2D eigenvalue weighted by molar-refractivity contribution is 7.99. The number of anilines is 2. The molecule has 1 spiro atoms. The van der Waals surface area contributed by atoms with Gasteiger partial charge in [0.05, 0.1) is 17.7 Å². The van der Waals surface area contributed by atoms with E-state index < -0.39 is 0 Å². The second kappa shape index (κ2) is 7.83. The van der Waals surface area contributed by atoms with Gasteiger partial charge in [-0.05, 0) is 31.9 Å². The third-order valence-corrected chi connectivity index (χ3v) is 7.79. The molecule has 0 aliphatic carbocycles. The number of hydrogen-bond acceptors (Lipinski definition) is 7. The van der Waals surface area contributed by atoms with Crippen molar-refractivity contribution in [1.82, 2.24) is 9.55 Å². The fraction of sp³-hybridized carbons (Fsp3) is 0.500. The zero-order valence-electron chi connectivity index (χ0n) is 16.6. The molecule has 7 nitrogen and oxygen atoms in total. The van der Waals surface area contributed by atoms with Gasteiger partial charge in [-0.25, -0.2) is 0 Å². The molecule has 3 heterocycles. The predicted molar refractivity (Wildman–Crippen MR) is 117 cm³/mol. The minimum atomic E-state index is -0.174. The topological polar surface area (TPSA) is 99.4 Å². The Hall–Kier alpha value is -1.74. The lowest BCUT2D eigenvalue weighted by Gasteiger charge is -2.41. The molecule has 2 saturated heterocycles. The van der Waals surface area contributed by atoms with Crippen molar-refractivity contribution >= 4 is 35.1 Å². The second-order valence-corrected chi connectivity index (χ2v) is 9.37. The molecule has 0 radical (unpaired) electrons. The molecule has 156 valence electrons. The van der Waals surface area contributed by atoms with Gasteiger partial charge < -0.3 is 21.1 Å². The van der Waals surface area contributed by atoms with Crippen LogP contribution in [0.1, 0.15) is 19.8 Å². The molecule has 0 amide bonds. The van der Waals surface area contributed by atoms with Gasteiger partial charge in [-0.1, -0.05) is 35.5 Å². The van der Waals surface area contributed by atoms with Gasteiger partial charge in [0.2, 0.25) is 5.95 Å². The van der Waals surface area contributed by atoms with Crippen molar-refractivity contribution in [1.29, 1.82) is 0 Å². The van der Waals surface area contributed by atoms with Crippen molar-refractivity contribution in [2.75, 3.05) is 30.3 Å². The molecule has 0 saturated carbocycles. The molecule has 1 aromatic carbocycles. The molecule has 0 bridgehead atoms. The largest absolute Gasteiger partial charge is 0.382 e. The fourth-order valence-corrected chi connectivity index (χ4v) is 5.39. The van der Waals surface area contributed by atoms with E-state index in [1.165, 1.54) is 11.8 Å².